The van der Waals surface area contributed by atoms with Gasteiger partial charge in [-0.1, -0.05) is 107 Å². The zero-order valence-corrected chi connectivity index (χ0v) is 26.2. The second-order valence-corrected chi connectivity index (χ2v) is 13.4. The van der Waals surface area contributed by atoms with Crippen molar-refractivity contribution in [1.82, 2.24) is 4.90 Å². The van der Waals surface area contributed by atoms with E-state index in [1.54, 1.807) is 48.5 Å². The number of hydrogen-bond donors (Lipinski definition) is 0. The number of benzene rings is 4. The molecule has 4 aliphatic rings. The lowest BCUT2D eigenvalue weighted by atomic mass is 9.54. The Morgan fingerprint density at radius 1 is 0.727 bits per heavy atom. The molecule has 0 saturated carbocycles. The van der Waals surface area contributed by atoms with Gasteiger partial charge in [0, 0.05) is 16.5 Å². The Bertz CT molecular complexity index is 1720. The highest BCUT2D eigenvalue weighted by Gasteiger charge is 2.73. The van der Waals surface area contributed by atoms with Crippen molar-refractivity contribution >= 4 is 62.7 Å². The van der Waals surface area contributed by atoms with Gasteiger partial charge in [-0.05, 0) is 39.9 Å². The van der Waals surface area contributed by atoms with Crippen LogP contribution in [-0.2, 0) is 35.3 Å². The molecule has 8 rings (SSSR count). The summed E-state index contributed by atoms with van der Waals surface area (Å²) in [5.41, 5.74) is 3.74. The highest BCUT2D eigenvalue weighted by atomic mass is 79.9. The fourth-order valence-electron chi connectivity index (χ4n) is 7.07. The molecule has 9 heteroatoms. The highest BCUT2D eigenvalue weighted by Crippen LogP contribution is 2.69. The maximum atomic E-state index is 14.5. The van der Waals surface area contributed by atoms with Gasteiger partial charge in [-0.3, -0.25) is 19.3 Å². The number of hydrogen-bond acceptors (Lipinski definition) is 5. The van der Waals surface area contributed by atoms with Crippen molar-refractivity contribution in [3.63, 3.8) is 0 Å². The number of rotatable bonds is 7. The predicted molar refractivity (Wildman–Crippen MR) is 168 cm³/mol. The fourth-order valence-corrected chi connectivity index (χ4v) is 8.43. The number of alkyl halides is 2. The second-order valence-electron chi connectivity index (χ2n) is 11.3. The molecule has 220 valence electrons. The molecule has 1 aliphatic heterocycles. The minimum absolute atomic E-state index is 0.00641. The van der Waals surface area contributed by atoms with E-state index in [-0.39, 0.29) is 6.42 Å². The zero-order valence-electron chi connectivity index (χ0n) is 23.1. The summed E-state index contributed by atoms with van der Waals surface area (Å²) in [5, 5.41) is 0. The van der Waals surface area contributed by atoms with Crippen LogP contribution in [0.1, 0.15) is 38.2 Å². The maximum absolute atomic E-state index is 14.5. The van der Waals surface area contributed by atoms with Crippen LogP contribution in [0.15, 0.2) is 108 Å². The largest absolute Gasteiger partial charge is 0.456 e. The van der Waals surface area contributed by atoms with Crippen LogP contribution >= 0.6 is 39.1 Å². The van der Waals surface area contributed by atoms with E-state index >= 15 is 0 Å². The number of ketones is 1. The number of imide groups is 1. The van der Waals surface area contributed by atoms with Gasteiger partial charge in [0.1, 0.15) is 15.8 Å². The van der Waals surface area contributed by atoms with Crippen LogP contribution in [0.2, 0.25) is 0 Å². The molecule has 1 fully saturated rings. The topological polar surface area (TPSA) is 80.8 Å². The summed E-state index contributed by atoms with van der Waals surface area (Å²) < 4.78 is 6.32. The number of nitrogens with zero attached hydrogens (tertiary/aromatic N) is 1. The molecule has 3 atom stereocenters. The Kier molecular flexibility index (Phi) is 7.03. The Balaban J connectivity index is 1.28. The van der Waals surface area contributed by atoms with Crippen molar-refractivity contribution in [2.75, 3.05) is 6.61 Å². The molecule has 4 aromatic carbocycles. The molecule has 0 unspecified atom stereocenters. The van der Waals surface area contributed by atoms with Crippen molar-refractivity contribution in [1.29, 1.82) is 0 Å². The van der Waals surface area contributed by atoms with Crippen LogP contribution < -0.4 is 0 Å². The average Bonchev–Trinajstić information content (AvgIpc) is 3.32. The standard InChI is InChI=1S/C35H24BrCl2NO5/c36-22-16-14-21(15-17-22)28(40)19-44-33(43)27(18-20-8-2-1-3-9-20)39-31(41)29-30(32(39)42)35(38)24-11-5-4-10-23(24)34(29,37)25-12-6-7-13-26(25)35/h1-17,27,29-30H,18-19H2/t27-,29+,30+,34?,35?/m0/s1. The summed E-state index contributed by atoms with van der Waals surface area (Å²) in [7, 11) is 0. The molecule has 2 amide bonds. The van der Waals surface area contributed by atoms with Crippen LogP contribution in [-0.4, -0.2) is 41.1 Å². The van der Waals surface area contributed by atoms with Gasteiger partial charge in [-0.15, -0.1) is 23.2 Å². The van der Waals surface area contributed by atoms with E-state index in [1.165, 1.54) is 0 Å². The second kappa shape index (κ2) is 10.7. The number of Topliss-reactive ketones (excluding diaryl/α,β-unsaturated/α-hetero) is 1. The van der Waals surface area contributed by atoms with E-state index in [9.17, 15) is 19.2 Å². The summed E-state index contributed by atoms with van der Waals surface area (Å²) in [5.74, 6) is -4.60. The molecule has 44 heavy (non-hydrogen) atoms. The van der Waals surface area contributed by atoms with Gasteiger partial charge in [0.05, 0.1) is 11.8 Å². The molecule has 0 N–H and O–H groups in total. The lowest BCUT2D eigenvalue weighted by Gasteiger charge is -2.54. The monoisotopic (exact) mass is 687 g/mol. The lowest BCUT2D eigenvalue weighted by Crippen LogP contribution is -2.57. The molecule has 0 aromatic heterocycles. The van der Waals surface area contributed by atoms with Gasteiger partial charge < -0.3 is 4.74 Å². The number of ether oxygens (including phenoxy) is 1. The molecule has 1 heterocycles. The first-order valence-electron chi connectivity index (χ1n) is 14.1. The number of halogens is 3. The first-order chi connectivity index (χ1) is 21.2. The van der Waals surface area contributed by atoms with E-state index in [4.69, 9.17) is 27.9 Å². The van der Waals surface area contributed by atoms with Gasteiger partial charge >= 0.3 is 5.97 Å². The van der Waals surface area contributed by atoms with Crippen molar-refractivity contribution in [2.45, 2.75) is 22.2 Å². The normalized spacial score (nSPS) is 25.2. The SMILES string of the molecule is O=C(COC(=O)[C@H](Cc1ccccc1)N1C(=O)[C@H]2[C@H](C1=O)C1(Cl)c3ccccc3C2(Cl)c2ccccc21)c1ccc(Br)cc1. The Morgan fingerprint density at radius 2 is 1.18 bits per heavy atom. The maximum Gasteiger partial charge on any atom is 0.330 e. The van der Waals surface area contributed by atoms with Crippen LogP contribution in [0.4, 0.5) is 0 Å². The molecule has 4 aromatic rings. The van der Waals surface area contributed by atoms with E-state index < -0.39 is 57.8 Å². The summed E-state index contributed by atoms with van der Waals surface area (Å²) in [4.78, 5) is 53.9. The number of esters is 1. The van der Waals surface area contributed by atoms with Gasteiger partial charge in [0.2, 0.25) is 11.8 Å². The highest BCUT2D eigenvalue weighted by molar-refractivity contribution is 9.10. The average molecular weight is 689 g/mol. The molecule has 3 aliphatic carbocycles. The first kappa shape index (κ1) is 29.0. The quantitative estimate of drug-likeness (QED) is 0.0975. The van der Waals surface area contributed by atoms with Gasteiger partial charge in [-0.2, -0.15) is 0 Å². The van der Waals surface area contributed by atoms with E-state index in [0.29, 0.717) is 33.4 Å². The fraction of sp³-hybridized carbons (Fsp3) is 0.200. The molecule has 2 bridgehead atoms. The molecular formula is C35H24BrCl2NO5. The predicted octanol–water partition coefficient (Wildman–Crippen LogP) is 6.38. The Hall–Kier alpha value is -3.78. The van der Waals surface area contributed by atoms with Crippen LogP contribution in [0, 0.1) is 11.8 Å². The summed E-state index contributed by atoms with van der Waals surface area (Å²) >= 11 is 18.4. The third-order valence-corrected chi connectivity index (χ3v) is 10.8. The van der Waals surface area contributed by atoms with Crippen LogP contribution in [0.5, 0.6) is 0 Å². The minimum atomic E-state index is -1.38. The molecule has 1 saturated heterocycles. The Morgan fingerprint density at radius 3 is 1.66 bits per heavy atom. The van der Waals surface area contributed by atoms with E-state index in [2.05, 4.69) is 15.9 Å². The number of amides is 2. The summed E-state index contributed by atoms with van der Waals surface area (Å²) in [6.07, 6.45) is -0.00641. The lowest BCUT2D eigenvalue weighted by molar-refractivity contribution is -0.158. The van der Waals surface area contributed by atoms with Crippen LogP contribution in [0.25, 0.3) is 0 Å². The smallest absolute Gasteiger partial charge is 0.330 e. The van der Waals surface area contributed by atoms with Crippen LogP contribution in [0.3, 0.4) is 0 Å². The molecule has 0 radical (unpaired) electrons. The first-order valence-corrected chi connectivity index (χ1v) is 15.7. The van der Waals surface area contributed by atoms with Gasteiger partial charge in [0.15, 0.2) is 12.4 Å². The van der Waals surface area contributed by atoms with Crippen molar-refractivity contribution < 1.29 is 23.9 Å². The van der Waals surface area contributed by atoms with E-state index in [0.717, 1.165) is 9.37 Å². The van der Waals surface area contributed by atoms with Crippen molar-refractivity contribution in [2.24, 2.45) is 11.8 Å². The van der Waals surface area contributed by atoms with Crippen molar-refractivity contribution in [3.8, 4) is 0 Å². The Labute approximate surface area is 272 Å². The third kappa shape index (κ3) is 4.13. The van der Waals surface area contributed by atoms with E-state index in [1.807, 2.05) is 54.6 Å². The third-order valence-electron chi connectivity index (χ3n) is 8.99. The van der Waals surface area contributed by atoms with Gasteiger partial charge in [0.25, 0.3) is 0 Å². The number of carbonyl (C=O) groups is 4. The molecular weight excluding hydrogens is 665 g/mol. The minimum Gasteiger partial charge on any atom is -0.456 e. The summed E-state index contributed by atoms with van der Waals surface area (Å²) in [6.45, 7) is -0.551. The van der Waals surface area contributed by atoms with Crippen molar-refractivity contribution in [3.05, 3.63) is 141 Å². The summed E-state index contributed by atoms with van der Waals surface area (Å²) in [6, 6.07) is 29.0. The number of carbonyl (C=O) groups excluding carboxylic acids is 4. The molecule has 6 nitrogen and oxygen atoms in total. The van der Waals surface area contributed by atoms with Gasteiger partial charge in [-0.25, -0.2) is 4.79 Å². The number of likely N-dealkylation sites (tertiary alicyclic amines) is 1. The molecule has 0 spiro atoms. The zero-order chi connectivity index (χ0) is 30.8.